The van der Waals surface area contributed by atoms with Crippen molar-refractivity contribution in [3.63, 3.8) is 0 Å². The van der Waals surface area contributed by atoms with Crippen molar-refractivity contribution in [2.45, 2.75) is 65.2 Å². The molecule has 0 radical (unpaired) electrons. The lowest BCUT2D eigenvalue weighted by atomic mass is 10.2. The van der Waals surface area contributed by atoms with Crippen LogP contribution in [0.1, 0.15) is 59.8 Å². The van der Waals surface area contributed by atoms with Crippen LogP contribution in [0.5, 0.6) is 0 Å². The fraction of sp³-hybridized carbons (Fsp3) is 1.00. The van der Waals surface area contributed by atoms with Gasteiger partial charge in [0.05, 0.1) is 26.4 Å². The summed E-state index contributed by atoms with van der Waals surface area (Å²) in [6.07, 6.45) is 4.29. The number of alkyl halides is 1. The van der Waals surface area contributed by atoms with Gasteiger partial charge in [-0.3, -0.25) is 9.13 Å². The quantitative estimate of drug-likeness (QED) is 0.158. The zero-order valence-corrected chi connectivity index (χ0v) is 18.7. The molecule has 0 aliphatic rings. The Hall–Kier alpha value is 0.780. The third kappa shape index (κ3) is 8.44. The van der Waals surface area contributed by atoms with Gasteiger partial charge in [-0.15, -0.1) is 0 Å². The van der Waals surface area contributed by atoms with Crippen molar-refractivity contribution in [3.05, 3.63) is 0 Å². The molecule has 0 unspecified atom stereocenters. The Bertz CT molecular complexity index is 357. The molecule has 0 spiro atoms. The second kappa shape index (κ2) is 13.9. The van der Waals surface area contributed by atoms with E-state index in [-0.39, 0.29) is 26.4 Å². The average molecular weight is 451 g/mol. The van der Waals surface area contributed by atoms with Gasteiger partial charge in [0.2, 0.25) is 0 Å². The molecule has 6 nitrogen and oxygen atoms in total. The summed E-state index contributed by atoms with van der Waals surface area (Å²) < 4.78 is 48.3. The average Bonchev–Trinajstić information content (AvgIpc) is 2.51. The first-order valence-corrected chi connectivity index (χ1v) is 13.1. The summed E-state index contributed by atoms with van der Waals surface area (Å²) in [5.74, 6) is 0. The highest BCUT2D eigenvalue weighted by Gasteiger charge is 2.50. The molecular formula is C15H33BrO6P2. The predicted molar refractivity (Wildman–Crippen MR) is 102 cm³/mol. The second-order valence-corrected chi connectivity index (χ2v) is 10.8. The van der Waals surface area contributed by atoms with E-state index in [1.807, 2.05) is 0 Å². The number of hydrogen-bond donors (Lipinski definition) is 0. The molecule has 0 fully saturated rings. The summed E-state index contributed by atoms with van der Waals surface area (Å²) in [4.78, 5) is 0. The summed E-state index contributed by atoms with van der Waals surface area (Å²) >= 11 is 3.41. The molecule has 0 saturated heterocycles. The summed E-state index contributed by atoms with van der Waals surface area (Å²) in [7, 11) is -7.18. The van der Waals surface area contributed by atoms with Crippen LogP contribution in [0.15, 0.2) is 0 Å². The molecule has 0 N–H and O–H groups in total. The second-order valence-electron chi connectivity index (χ2n) is 5.12. The Kier molecular flexibility index (Phi) is 14.4. The van der Waals surface area contributed by atoms with Gasteiger partial charge in [0.15, 0.2) is 5.40 Å². The minimum atomic E-state index is -3.59. The molecule has 0 amide bonds. The van der Waals surface area contributed by atoms with Gasteiger partial charge < -0.3 is 18.1 Å². The standard InChI is InChI=1S/C15H33BrO6P2/c1-5-19-23(17,20-6-2)15(13-11-9-10-12-14-16)24(18,21-7-3)22-8-4/h15H,5-14H2,1-4H3. The van der Waals surface area contributed by atoms with Crippen LogP contribution in [0, 0.1) is 0 Å². The third-order valence-corrected chi connectivity index (χ3v) is 10.0. The van der Waals surface area contributed by atoms with Crippen LogP contribution in [-0.4, -0.2) is 37.2 Å². The largest absolute Gasteiger partial charge is 0.345 e. The molecule has 0 aromatic carbocycles. The maximum atomic E-state index is 13.2. The van der Waals surface area contributed by atoms with Gasteiger partial charge in [0, 0.05) is 5.33 Å². The summed E-state index contributed by atoms with van der Waals surface area (Å²) in [6, 6.07) is 0. The van der Waals surface area contributed by atoms with Gasteiger partial charge in [-0.25, -0.2) is 0 Å². The number of rotatable bonds is 16. The molecule has 0 heterocycles. The summed E-state index contributed by atoms with van der Waals surface area (Å²) in [5.41, 5.74) is 0. The molecule has 0 aromatic rings. The Morgan fingerprint density at radius 2 is 1.08 bits per heavy atom. The highest BCUT2D eigenvalue weighted by molar-refractivity contribution is 9.09. The molecule has 0 aliphatic carbocycles. The highest BCUT2D eigenvalue weighted by Crippen LogP contribution is 2.71. The Balaban J connectivity index is 5.37. The first kappa shape index (κ1) is 24.8. The van der Waals surface area contributed by atoms with Crippen LogP contribution in [0.4, 0.5) is 0 Å². The monoisotopic (exact) mass is 450 g/mol. The van der Waals surface area contributed by atoms with Crippen molar-refractivity contribution in [3.8, 4) is 0 Å². The van der Waals surface area contributed by atoms with Gasteiger partial charge in [-0.05, 0) is 40.5 Å². The number of halogens is 1. The lowest BCUT2D eigenvalue weighted by molar-refractivity contribution is 0.193. The van der Waals surface area contributed by atoms with Gasteiger partial charge in [0.25, 0.3) is 0 Å². The van der Waals surface area contributed by atoms with Crippen LogP contribution >= 0.6 is 31.1 Å². The molecule has 0 bridgehead atoms. The van der Waals surface area contributed by atoms with Crippen molar-refractivity contribution in [1.29, 1.82) is 0 Å². The van der Waals surface area contributed by atoms with Gasteiger partial charge in [0.1, 0.15) is 0 Å². The van der Waals surface area contributed by atoms with Gasteiger partial charge >= 0.3 is 15.2 Å². The summed E-state index contributed by atoms with van der Waals surface area (Å²) in [6.45, 7) is 7.84. The van der Waals surface area contributed by atoms with Crippen molar-refractivity contribution < 1.29 is 27.2 Å². The molecule has 24 heavy (non-hydrogen) atoms. The number of unbranched alkanes of at least 4 members (excludes halogenated alkanes) is 3. The molecule has 0 saturated carbocycles. The van der Waals surface area contributed by atoms with Crippen LogP contribution in [0.25, 0.3) is 0 Å². The minimum Gasteiger partial charge on any atom is -0.308 e. The van der Waals surface area contributed by atoms with E-state index < -0.39 is 20.6 Å². The van der Waals surface area contributed by atoms with Crippen molar-refractivity contribution >= 4 is 31.1 Å². The van der Waals surface area contributed by atoms with Gasteiger partial charge in [-0.1, -0.05) is 35.2 Å². The molecule has 0 aliphatic heterocycles. The lowest BCUT2D eigenvalue weighted by Crippen LogP contribution is -2.18. The van der Waals surface area contributed by atoms with Crippen LogP contribution in [0.3, 0.4) is 0 Å². The van der Waals surface area contributed by atoms with Crippen LogP contribution in [0.2, 0.25) is 0 Å². The summed E-state index contributed by atoms with van der Waals surface area (Å²) in [5, 5.41) is 0.0807. The van der Waals surface area contributed by atoms with E-state index in [2.05, 4.69) is 15.9 Å². The third-order valence-electron chi connectivity index (χ3n) is 3.31. The minimum absolute atomic E-state index is 0.218. The van der Waals surface area contributed by atoms with Crippen LogP contribution < -0.4 is 0 Å². The Morgan fingerprint density at radius 1 is 0.708 bits per heavy atom. The molecule has 0 rings (SSSR count). The normalized spacial score (nSPS) is 12.9. The Labute approximate surface area is 155 Å². The number of hydrogen-bond acceptors (Lipinski definition) is 6. The highest BCUT2D eigenvalue weighted by atomic mass is 79.9. The van der Waals surface area contributed by atoms with Crippen LogP contribution in [-0.2, 0) is 27.2 Å². The van der Waals surface area contributed by atoms with E-state index in [1.54, 1.807) is 27.7 Å². The van der Waals surface area contributed by atoms with Gasteiger partial charge in [-0.2, -0.15) is 0 Å². The van der Waals surface area contributed by atoms with Crippen molar-refractivity contribution in [1.82, 2.24) is 0 Å². The zero-order chi connectivity index (χ0) is 18.5. The molecule has 0 atom stereocenters. The van der Waals surface area contributed by atoms with E-state index in [0.717, 1.165) is 31.0 Å². The maximum absolute atomic E-state index is 13.2. The predicted octanol–water partition coefficient (Wildman–Crippen LogP) is 6.19. The van der Waals surface area contributed by atoms with Crippen molar-refractivity contribution in [2.24, 2.45) is 0 Å². The fourth-order valence-corrected chi connectivity index (χ4v) is 8.26. The van der Waals surface area contributed by atoms with E-state index in [9.17, 15) is 9.13 Å². The lowest BCUT2D eigenvalue weighted by Gasteiger charge is -2.31. The van der Waals surface area contributed by atoms with E-state index in [1.165, 1.54) is 0 Å². The first-order chi connectivity index (χ1) is 11.4. The topological polar surface area (TPSA) is 71.1 Å². The van der Waals surface area contributed by atoms with Crippen molar-refractivity contribution in [2.75, 3.05) is 31.8 Å². The zero-order valence-electron chi connectivity index (χ0n) is 15.4. The Morgan fingerprint density at radius 3 is 1.42 bits per heavy atom. The molecule has 0 aromatic heterocycles. The maximum Gasteiger partial charge on any atom is 0.345 e. The van der Waals surface area contributed by atoms with E-state index >= 15 is 0 Å². The first-order valence-electron chi connectivity index (χ1n) is 8.77. The molecule has 9 heteroatoms. The fourth-order valence-electron chi connectivity index (χ4n) is 2.40. The molecular weight excluding hydrogens is 418 g/mol. The van der Waals surface area contributed by atoms with E-state index in [0.29, 0.717) is 6.42 Å². The smallest absolute Gasteiger partial charge is 0.308 e. The molecule has 146 valence electrons. The van der Waals surface area contributed by atoms with E-state index in [4.69, 9.17) is 18.1 Å². The SMILES string of the molecule is CCOP(=O)(OCC)C(CCCCCCBr)P(=O)(OCC)OCC.